The molecule has 3 aliphatic heterocycles. The summed E-state index contributed by atoms with van der Waals surface area (Å²) in [5.41, 5.74) is 2.65. The Morgan fingerprint density at radius 1 is 1.27 bits per heavy atom. The van der Waals surface area contributed by atoms with Gasteiger partial charge in [0.25, 0.3) is 0 Å². The number of piperidine rings is 2. The van der Waals surface area contributed by atoms with Crippen LogP contribution in [0.5, 0.6) is 0 Å². The zero-order valence-corrected chi connectivity index (χ0v) is 20.6. The maximum atomic E-state index is 13.5. The maximum Gasteiger partial charge on any atom is 0.410 e. The van der Waals surface area contributed by atoms with Crippen LogP contribution in [0.3, 0.4) is 0 Å². The maximum absolute atomic E-state index is 13.5. The predicted molar refractivity (Wildman–Crippen MR) is 129 cm³/mol. The minimum absolute atomic E-state index is 0.182. The molecule has 1 saturated carbocycles. The van der Waals surface area contributed by atoms with Crippen LogP contribution in [-0.2, 0) is 21.4 Å². The molecule has 1 unspecified atom stereocenters. The molecule has 2 aromatic rings. The van der Waals surface area contributed by atoms with Gasteiger partial charge in [-0.25, -0.2) is 4.79 Å². The Balaban J connectivity index is 1.47. The molecule has 6 rings (SSSR count). The molecule has 1 aliphatic carbocycles. The largest absolute Gasteiger partial charge is 0.444 e. The number of ketones is 1. The van der Waals surface area contributed by atoms with Crippen molar-refractivity contribution in [1.82, 2.24) is 14.8 Å². The topological polar surface area (TPSA) is 65.6 Å². The number of para-hydroxylation sites is 1. The van der Waals surface area contributed by atoms with E-state index in [4.69, 9.17) is 4.74 Å². The zero-order chi connectivity index (χ0) is 23.5. The van der Waals surface area contributed by atoms with Crippen LogP contribution in [-0.4, -0.2) is 65.0 Å². The quantitative estimate of drug-likeness (QED) is 0.742. The van der Waals surface area contributed by atoms with E-state index in [1.807, 2.05) is 27.8 Å². The molecule has 0 radical (unpaired) electrons. The number of carbonyl (C=O) groups excluding carboxylic acids is 2. The molecule has 4 aliphatic rings. The second-order valence-electron chi connectivity index (χ2n) is 11.5. The fraction of sp³-hybridized carbons (Fsp3) is 0.630. The van der Waals surface area contributed by atoms with Crippen LogP contribution in [0, 0.1) is 11.8 Å². The molecule has 3 fully saturated rings. The van der Waals surface area contributed by atoms with Crippen molar-refractivity contribution in [2.24, 2.45) is 11.8 Å². The number of ether oxygens (including phenoxy) is 1. The molecule has 1 aromatic heterocycles. The highest BCUT2D eigenvalue weighted by Crippen LogP contribution is 2.55. The molecule has 6 nitrogen and oxygen atoms in total. The number of H-pyrrole nitrogens is 1. The van der Waals surface area contributed by atoms with E-state index in [9.17, 15) is 9.59 Å². The minimum atomic E-state index is -0.499. The summed E-state index contributed by atoms with van der Waals surface area (Å²) in [5, 5.41) is 1.26. The highest BCUT2D eigenvalue weighted by Gasteiger charge is 2.60. The molecule has 1 amide bonds. The third kappa shape index (κ3) is 3.67. The number of amides is 1. The van der Waals surface area contributed by atoms with Crippen LogP contribution in [0.25, 0.3) is 10.9 Å². The Hall–Kier alpha value is -2.34. The molecule has 2 saturated heterocycles. The number of nitrogens with one attached hydrogen (secondary N) is 1. The molecule has 1 N–H and O–H groups in total. The van der Waals surface area contributed by atoms with Gasteiger partial charge in [-0.05, 0) is 76.8 Å². The van der Waals surface area contributed by atoms with Gasteiger partial charge in [0, 0.05) is 49.3 Å². The third-order valence-electron chi connectivity index (χ3n) is 8.16. The summed E-state index contributed by atoms with van der Waals surface area (Å²) in [5.74, 6) is 1.17. The van der Waals surface area contributed by atoms with Crippen LogP contribution >= 0.6 is 0 Å². The third-order valence-corrected chi connectivity index (χ3v) is 8.16. The van der Waals surface area contributed by atoms with E-state index in [1.165, 1.54) is 16.6 Å². The van der Waals surface area contributed by atoms with Gasteiger partial charge in [0.2, 0.25) is 0 Å². The molecule has 33 heavy (non-hydrogen) atoms. The number of hydrogen-bond acceptors (Lipinski definition) is 4. The molecule has 1 aromatic carbocycles. The number of aromatic amines is 1. The highest BCUT2D eigenvalue weighted by atomic mass is 16.6. The Morgan fingerprint density at radius 2 is 2.03 bits per heavy atom. The van der Waals surface area contributed by atoms with Crippen molar-refractivity contribution in [3.05, 3.63) is 35.5 Å². The Labute approximate surface area is 196 Å². The van der Waals surface area contributed by atoms with Crippen molar-refractivity contribution in [3.63, 3.8) is 0 Å². The van der Waals surface area contributed by atoms with Gasteiger partial charge in [0.1, 0.15) is 11.4 Å². The van der Waals surface area contributed by atoms with Crippen molar-refractivity contribution in [3.8, 4) is 0 Å². The number of fused-ring (bicyclic) bond motifs is 4. The Kier molecular flexibility index (Phi) is 5.35. The summed E-state index contributed by atoms with van der Waals surface area (Å²) >= 11 is 0. The van der Waals surface area contributed by atoms with Gasteiger partial charge in [-0.15, -0.1) is 0 Å². The van der Waals surface area contributed by atoms with E-state index in [2.05, 4.69) is 34.1 Å². The first kappa shape index (κ1) is 22.5. The molecule has 6 heteroatoms. The molecule has 5 atom stereocenters. The van der Waals surface area contributed by atoms with Gasteiger partial charge in [-0.1, -0.05) is 18.2 Å². The van der Waals surface area contributed by atoms with E-state index < -0.39 is 11.0 Å². The van der Waals surface area contributed by atoms with E-state index in [1.54, 1.807) is 11.8 Å². The summed E-state index contributed by atoms with van der Waals surface area (Å²) in [6.07, 6.45) is 3.65. The van der Waals surface area contributed by atoms with Crippen LogP contribution in [0.4, 0.5) is 4.79 Å². The van der Waals surface area contributed by atoms with Gasteiger partial charge in [0.05, 0.1) is 5.41 Å². The van der Waals surface area contributed by atoms with Crippen molar-refractivity contribution < 1.29 is 14.3 Å². The number of benzene rings is 1. The minimum Gasteiger partial charge on any atom is -0.444 e. The number of hydrogen-bond donors (Lipinski definition) is 1. The van der Waals surface area contributed by atoms with Gasteiger partial charge in [0.15, 0.2) is 0 Å². The van der Waals surface area contributed by atoms with Crippen LogP contribution in [0.2, 0.25) is 0 Å². The second-order valence-corrected chi connectivity index (χ2v) is 11.5. The number of Topliss-reactive ketones (excluding diaryl/α,β-unsaturated/α-hetero) is 1. The van der Waals surface area contributed by atoms with Crippen molar-refractivity contribution in [2.75, 3.05) is 26.7 Å². The summed E-state index contributed by atoms with van der Waals surface area (Å²) in [7, 11) is 1.82. The van der Waals surface area contributed by atoms with Crippen LogP contribution in [0.15, 0.2) is 24.3 Å². The van der Waals surface area contributed by atoms with E-state index in [-0.39, 0.29) is 17.9 Å². The fourth-order valence-corrected chi connectivity index (χ4v) is 6.98. The number of rotatable bonds is 4. The van der Waals surface area contributed by atoms with Gasteiger partial charge >= 0.3 is 6.09 Å². The van der Waals surface area contributed by atoms with Gasteiger partial charge < -0.3 is 14.6 Å². The lowest BCUT2D eigenvalue weighted by Gasteiger charge is -2.58. The lowest BCUT2D eigenvalue weighted by molar-refractivity contribution is -0.137. The zero-order valence-electron chi connectivity index (χ0n) is 20.6. The van der Waals surface area contributed by atoms with Gasteiger partial charge in [-0.2, -0.15) is 0 Å². The fourth-order valence-electron chi connectivity index (χ4n) is 6.98. The monoisotopic (exact) mass is 451 g/mol. The molecule has 178 valence electrons. The van der Waals surface area contributed by atoms with E-state index in [0.29, 0.717) is 18.4 Å². The smallest absolute Gasteiger partial charge is 0.410 e. The number of nitrogens with zero attached hydrogens (tertiary/aromatic N) is 2. The summed E-state index contributed by atoms with van der Waals surface area (Å²) < 4.78 is 5.55. The molecular weight excluding hydrogens is 414 g/mol. The van der Waals surface area contributed by atoms with Crippen molar-refractivity contribution in [2.45, 2.75) is 70.4 Å². The lowest BCUT2D eigenvalue weighted by Crippen LogP contribution is -2.67. The van der Waals surface area contributed by atoms with Crippen molar-refractivity contribution in [1.29, 1.82) is 0 Å². The normalized spacial score (nSPS) is 30.6. The van der Waals surface area contributed by atoms with E-state index in [0.717, 1.165) is 44.3 Å². The first-order valence-electron chi connectivity index (χ1n) is 12.4. The second kappa shape index (κ2) is 7.86. The lowest BCUT2D eigenvalue weighted by atomic mass is 9.55. The molecular formula is C27H37N3O3. The number of aromatic nitrogens is 1. The Bertz CT molecular complexity index is 1080. The molecule has 4 heterocycles. The summed E-state index contributed by atoms with van der Waals surface area (Å²) in [6.45, 7) is 10.2. The van der Waals surface area contributed by atoms with Crippen LogP contribution < -0.4 is 0 Å². The van der Waals surface area contributed by atoms with Crippen molar-refractivity contribution >= 4 is 22.8 Å². The highest BCUT2D eigenvalue weighted by molar-refractivity contribution is 5.94. The summed E-state index contributed by atoms with van der Waals surface area (Å²) in [4.78, 5) is 34.1. The first-order chi connectivity index (χ1) is 15.6. The number of carbonyl (C=O) groups is 2. The Morgan fingerprint density at radius 3 is 2.76 bits per heavy atom. The van der Waals surface area contributed by atoms with Gasteiger partial charge in [-0.3, -0.25) is 9.69 Å². The molecule has 4 bridgehead atoms. The summed E-state index contributed by atoms with van der Waals surface area (Å²) in [6, 6.07) is 8.66. The predicted octanol–water partition coefficient (Wildman–Crippen LogP) is 4.52. The first-order valence-corrected chi connectivity index (χ1v) is 12.4. The average Bonchev–Trinajstić information content (AvgIpc) is 3.09. The van der Waals surface area contributed by atoms with E-state index >= 15 is 0 Å². The standard InChI is InChI=1S/C27H37N3O3/c1-17(31)27-15-18-14-19(10-12-29(5)25(32)33-26(2,3)4)24(27)30(16-18)13-11-21-20-8-6-7-9-22(20)28-23(21)27/h6-9,18-19,24,28H,10-16H2,1-5H3/t18-,19+,24+,27-/m1/s1. The van der Waals surface area contributed by atoms with Crippen LogP contribution in [0.1, 0.15) is 58.2 Å². The average molecular weight is 452 g/mol. The SMILES string of the molecule is CC(=O)[C@@]12C[C@H]3C[C@H](CCN(C)C(=O)OC(C)(C)C)[C@@H]1N(CCc1c2[nH]c2ccccc12)C3. The molecule has 0 spiro atoms.